The zero-order valence-electron chi connectivity index (χ0n) is 13.8. The highest BCUT2D eigenvalue weighted by Crippen LogP contribution is 2.24. The van der Waals surface area contributed by atoms with Crippen LogP contribution in [0.25, 0.3) is 11.4 Å². The maximum Gasteiger partial charge on any atom is 0.255 e. The van der Waals surface area contributed by atoms with Crippen molar-refractivity contribution in [1.82, 2.24) is 20.0 Å². The molecular formula is C17H18N4O2S. The van der Waals surface area contributed by atoms with Gasteiger partial charge in [-0.15, -0.1) is 11.3 Å². The van der Waals surface area contributed by atoms with E-state index in [-0.39, 0.29) is 12.5 Å². The highest BCUT2D eigenvalue weighted by molar-refractivity contribution is 7.10. The molecule has 0 bridgehead atoms. The Morgan fingerprint density at radius 1 is 1.42 bits per heavy atom. The Balaban J connectivity index is 1.74. The van der Waals surface area contributed by atoms with Crippen molar-refractivity contribution in [3.8, 4) is 11.4 Å². The summed E-state index contributed by atoms with van der Waals surface area (Å²) in [7, 11) is 1.74. The first kappa shape index (κ1) is 16.3. The summed E-state index contributed by atoms with van der Waals surface area (Å²) in [4.78, 5) is 23.8. The molecule has 0 aliphatic heterocycles. The predicted molar refractivity (Wildman–Crippen MR) is 91.8 cm³/mol. The number of aryl methyl sites for hydroxylation is 1. The Morgan fingerprint density at radius 2 is 2.25 bits per heavy atom. The van der Waals surface area contributed by atoms with Crippen molar-refractivity contribution in [2.24, 2.45) is 0 Å². The number of carbonyl (C=O) groups is 1. The van der Waals surface area contributed by atoms with Crippen molar-refractivity contribution in [2.45, 2.75) is 26.8 Å². The van der Waals surface area contributed by atoms with E-state index < -0.39 is 0 Å². The smallest absolute Gasteiger partial charge is 0.255 e. The van der Waals surface area contributed by atoms with Crippen molar-refractivity contribution in [3.05, 3.63) is 51.8 Å². The molecule has 3 heterocycles. The molecule has 0 aromatic carbocycles. The summed E-state index contributed by atoms with van der Waals surface area (Å²) in [6.45, 7) is 4.37. The molecule has 24 heavy (non-hydrogen) atoms. The second-order valence-corrected chi connectivity index (χ2v) is 6.54. The van der Waals surface area contributed by atoms with Gasteiger partial charge in [-0.25, -0.2) is 0 Å². The van der Waals surface area contributed by atoms with Gasteiger partial charge in [0.1, 0.15) is 0 Å². The Morgan fingerprint density at radius 3 is 2.96 bits per heavy atom. The van der Waals surface area contributed by atoms with Crippen LogP contribution in [0.5, 0.6) is 0 Å². The fraction of sp³-hybridized carbons (Fsp3) is 0.294. The highest BCUT2D eigenvalue weighted by atomic mass is 32.1. The number of rotatable bonds is 5. The largest absolute Gasteiger partial charge is 0.337 e. The van der Waals surface area contributed by atoms with E-state index in [4.69, 9.17) is 4.52 Å². The summed E-state index contributed by atoms with van der Waals surface area (Å²) in [5.74, 6) is 0.839. The Bertz CT molecular complexity index is 841. The molecule has 0 unspecified atom stereocenters. The van der Waals surface area contributed by atoms with Gasteiger partial charge >= 0.3 is 0 Å². The number of pyridine rings is 1. The van der Waals surface area contributed by atoms with Crippen molar-refractivity contribution in [1.29, 1.82) is 0 Å². The van der Waals surface area contributed by atoms with Crippen LogP contribution in [0.1, 0.15) is 33.6 Å². The number of amides is 1. The molecule has 3 rings (SSSR count). The molecule has 7 heteroatoms. The number of nitrogens with zero attached hydrogens (tertiary/aromatic N) is 4. The molecule has 0 saturated heterocycles. The maximum absolute atomic E-state index is 12.7. The Kier molecular flexibility index (Phi) is 4.71. The minimum atomic E-state index is -0.0303. The van der Waals surface area contributed by atoms with Crippen LogP contribution in [0.4, 0.5) is 0 Å². The standard InChI is InChI=1S/C17H18N4O2S/c1-4-13-11(2)24-10-14(13)17(22)21(3)9-15-19-16(20-23-15)12-6-5-7-18-8-12/h5-8,10H,4,9H2,1-3H3. The van der Waals surface area contributed by atoms with E-state index in [0.29, 0.717) is 11.7 Å². The molecule has 0 atom stereocenters. The first-order chi connectivity index (χ1) is 11.6. The summed E-state index contributed by atoms with van der Waals surface area (Å²) in [5, 5.41) is 5.87. The number of carbonyl (C=O) groups excluding carboxylic acids is 1. The summed E-state index contributed by atoms with van der Waals surface area (Å²) in [5.41, 5.74) is 2.65. The minimum Gasteiger partial charge on any atom is -0.337 e. The van der Waals surface area contributed by atoms with Gasteiger partial charge in [0, 0.05) is 35.3 Å². The second-order valence-electron chi connectivity index (χ2n) is 5.45. The van der Waals surface area contributed by atoms with Crippen LogP contribution in [-0.4, -0.2) is 33.0 Å². The van der Waals surface area contributed by atoms with Crippen molar-refractivity contribution in [3.63, 3.8) is 0 Å². The normalized spacial score (nSPS) is 10.8. The highest BCUT2D eigenvalue weighted by Gasteiger charge is 2.20. The van der Waals surface area contributed by atoms with Gasteiger partial charge in [-0.3, -0.25) is 9.78 Å². The summed E-state index contributed by atoms with van der Waals surface area (Å²) >= 11 is 1.60. The van der Waals surface area contributed by atoms with Crippen molar-refractivity contribution in [2.75, 3.05) is 7.05 Å². The average molecular weight is 342 g/mol. The van der Waals surface area contributed by atoms with Crippen LogP contribution in [-0.2, 0) is 13.0 Å². The summed E-state index contributed by atoms with van der Waals surface area (Å²) in [6, 6.07) is 3.67. The third kappa shape index (κ3) is 3.21. The monoisotopic (exact) mass is 342 g/mol. The molecule has 0 aliphatic carbocycles. The molecule has 3 aromatic heterocycles. The number of thiophene rings is 1. The zero-order valence-corrected chi connectivity index (χ0v) is 14.6. The van der Waals surface area contributed by atoms with Crippen molar-refractivity contribution < 1.29 is 9.32 Å². The fourth-order valence-electron chi connectivity index (χ4n) is 2.51. The van der Waals surface area contributed by atoms with Gasteiger partial charge in [0.05, 0.1) is 12.1 Å². The topological polar surface area (TPSA) is 72.1 Å². The van der Waals surface area contributed by atoms with E-state index in [1.165, 1.54) is 4.88 Å². The van der Waals surface area contributed by atoms with Gasteiger partial charge in [0.2, 0.25) is 11.7 Å². The lowest BCUT2D eigenvalue weighted by atomic mass is 10.1. The van der Waals surface area contributed by atoms with Crippen molar-refractivity contribution >= 4 is 17.2 Å². The van der Waals surface area contributed by atoms with Gasteiger partial charge in [0.15, 0.2) is 0 Å². The van der Waals surface area contributed by atoms with Gasteiger partial charge < -0.3 is 9.42 Å². The first-order valence-electron chi connectivity index (χ1n) is 7.65. The van der Waals surface area contributed by atoms with Gasteiger partial charge in [-0.2, -0.15) is 4.98 Å². The van der Waals surface area contributed by atoms with E-state index >= 15 is 0 Å². The molecular weight excluding hydrogens is 324 g/mol. The van der Waals surface area contributed by atoms with Crippen LogP contribution < -0.4 is 0 Å². The predicted octanol–water partition coefficient (Wildman–Crippen LogP) is 3.34. The quantitative estimate of drug-likeness (QED) is 0.711. The summed E-state index contributed by atoms with van der Waals surface area (Å²) < 4.78 is 5.26. The molecule has 1 amide bonds. The third-order valence-electron chi connectivity index (χ3n) is 3.79. The molecule has 0 fully saturated rings. The van der Waals surface area contributed by atoms with E-state index in [1.54, 1.807) is 35.7 Å². The van der Waals surface area contributed by atoms with E-state index in [2.05, 4.69) is 22.0 Å². The van der Waals surface area contributed by atoms with E-state index in [0.717, 1.165) is 23.1 Å². The van der Waals surface area contributed by atoms with Crippen LogP contribution in [0, 0.1) is 6.92 Å². The molecule has 3 aromatic rings. The Hall–Kier alpha value is -2.54. The molecule has 0 aliphatic rings. The van der Waals surface area contributed by atoms with Crippen LogP contribution in [0.15, 0.2) is 34.4 Å². The fourth-order valence-corrected chi connectivity index (χ4v) is 3.44. The van der Waals surface area contributed by atoms with Gasteiger partial charge in [-0.1, -0.05) is 12.1 Å². The second kappa shape index (κ2) is 6.92. The SMILES string of the molecule is CCc1c(C(=O)N(C)Cc2nc(-c3cccnc3)no2)csc1C. The van der Waals surface area contributed by atoms with Gasteiger partial charge in [-0.05, 0) is 31.0 Å². The summed E-state index contributed by atoms with van der Waals surface area (Å²) in [6.07, 6.45) is 4.20. The molecule has 0 saturated carbocycles. The Labute approximate surface area is 144 Å². The number of aromatic nitrogens is 3. The van der Waals surface area contributed by atoms with E-state index in [1.807, 2.05) is 24.4 Å². The molecule has 0 N–H and O–H groups in total. The molecule has 0 radical (unpaired) electrons. The lowest BCUT2D eigenvalue weighted by Gasteiger charge is -2.15. The van der Waals surface area contributed by atoms with Gasteiger partial charge in [0.25, 0.3) is 5.91 Å². The first-order valence-corrected chi connectivity index (χ1v) is 8.53. The number of hydrogen-bond acceptors (Lipinski definition) is 6. The lowest BCUT2D eigenvalue weighted by molar-refractivity contribution is 0.0769. The third-order valence-corrected chi connectivity index (χ3v) is 4.75. The minimum absolute atomic E-state index is 0.0303. The average Bonchev–Trinajstić information content (AvgIpc) is 3.21. The zero-order chi connectivity index (χ0) is 17.1. The van der Waals surface area contributed by atoms with Crippen LogP contribution in [0.3, 0.4) is 0 Å². The molecule has 0 spiro atoms. The lowest BCUT2D eigenvalue weighted by Crippen LogP contribution is -2.26. The molecule has 6 nitrogen and oxygen atoms in total. The maximum atomic E-state index is 12.7. The van der Waals surface area contributed by atoms with Crippen LogP contribution >= 0.6 is 11.3 Å². The molecule has 124 valence electrons. The number of hydrogen-bond donors (Lipinski definition) is 0. The van der Waals surface area contributed by atoms with Crippen LogP contribution in [0.2, 0.25) is 0 Å². The van der Waals surface area contributed by atoms with E-state index in [9.17, 15) is 4.79 Å².